The van der Waals surface area contributed by atoms with Gasteiger partial charge in [-0.15, -0.1) is 0 Å². The fraction of sp³-hybridized carbons (Fsp3) is 0.0667. The third-order valence-corrected chi connectivity index (χ3v) is 4.13. The first-order valence-electron chi connectivity index (χ1n) is 6.15. The van der Waals surface area contributed by atoms with Crippen LogP contribution in [0.3, 0.4) is 0 Å². The number of hydrogen-bond donors (Lipinski definition) is 0. The second kappa shape index (κ2) is 6.52. The number of rotatable bonds is 4. The summed E-state index contributed by atoms with van der Waals surface area (Å²) in [5.41, 5.74) is 1.72. The summed E-state index contributed by atoms with van der Waals surface area (Å²) < 4.78 is 5.49. The first kappa shape index (κ1) is 14.4. The van der Waals surface area contributed by atoms with Gasteiger partial charge in [0.2, 0.25) is 5.89 Å². The maximum atomic E-state index is 5.96. The molecule has 6 heteroatoms. The van der Waals surface area contributed by atoms with Crippen molar-refractivity contribution in [2.75, 3.05) is 0 Å². The molecule has 0 saturated carbocycles. The summed E-state index contributed by atoms with van der Waals surface area (Å²) in [4.78, 5) is 8.68. The van der Waals surface area contributed by atoms with Gasteiger partial charge in [0.15, 0.2) is 0 Å². The fourth-order valence-electron chi connectivity index (χ4n) is 1.72. The zero-order chi connectivity index (χ0) is 14.7. The number of hydrogen-bond acceptors (Lipinski definition) is 4. The molecule has 0 saturated heterocycles. The Kier molecular flexibility index (Phi) is 4.48. The average molecular weight is 337 g/mol. The van der Waals surface area contributed by atoms with E-state index in [2.05, 4.69) is 9.97 Å². The van der Waals surface area contributed by atoms with Crippen molar-refractivity contribution < 1.29 is 4.42 Å². The highest BCUT2D eigenvalue weighted by Crippen LogP contribution is 2.25. The van der Waals surface area contributed by atoms with E-state index in [0.717, 1.165) is 16.3 Å². The molecular formula is C15H10Cl2N2OS. The number of pyridine rings is 1. The molecule has 3 aromatic rings. The van der Waals surface area contributed by atoms with Gasteiger partial charge in [-0.05, 0) is 30.3 Å². The highest BCUT2D eigenvalue weighted by molar-refractivity contribution is 7.98. The maximum absolute atomic E-state index is 5.96. The van der Waals surface area contributed by atoms with Gasteiger partial charge < -0.3 is 4.42 Å². The van der Waals surface area contributed by atoms with Crippen LogP contribution in [0.2, 0.25) is 10.0 Å². The summed E-state index contributed by atoms with van der Waals surface area (Å²) in [7, 11) is 0. The largest absolute Gasteiger partial charge is 0.444 e. The lowest BCUT2D eigenvalue weighted by atomic mass is 10.2. The summed E-state index contributed by atoms with van der Waals surface area (Å²) >= 11 is 13.3. The van der Waals surface area contributed by atoms with Crippen molar-refractivity contribution in [2.24, 2.45) is 0 Å². The van der Waals surface area contributed by atoms with Crippen LogP contribution in [0, 0.1) is 0 Å². The van der Waals surface area contributed by atoms with Crippen LogP contribution in [0.4, 0.5) is 0 Å². The monoisotopic (exact) mass is 336 g/mol. The van der Waals surface area contributed by atoms with Gasteiger partial charge in [-0.1, -0.05) is 41.0 Å². The summed E-state index contributed by atoms with van der Waals surface area (Å²) in [5, 5.41) is 2.18. The fourth-order valence-corrected chi connectivity index (χ4v) is 2.74. The van der Waals surface area contributed by atoms with E-state index in [1.54, 1.807) is 24.2 Å². The van der Waals surface area contributed by atoms with E-state index in [0.29, 0.717) is 21.7 Å². The summed E-state index contributed by atoms with van der Waals surface area (Å²) in [5.74, 6) is 1.25. The molecule has 0 amide bonds. The highest BCUT2D eigenvalue weighted by atomic mass is 35.5. The van der Waals surface area contributed by atoms with Crippen LogP contribution in [0.15, 0.2) is 58.3 Å². The Hall–Kier alpha value is -1.49. The maximum Gasteiger partial charge on any atom is 0.226 e. The number of halogens is 2. The van der Waals surface area contributed by atoms with E-state index >= 15 is 0 Å². The molecule has 2 aromatic heterocycles. The average Bonchev–Trinajstić information content (AvgIpc) is 2.96. The lowest BCUT2D eigenvalue weighted by Crippen LogP contribution is -1.84. The number of aromatic nitrogens is 2. The second-order valence-electron chi connectivity index (χ2n) is 4.26. The van der Waals surface area contributed by atoms with Gasteiger partial charge in [-0.3, -0.25) is 0 Å². The lowest BCUT2D eigenvalue weighted by Gasteiger charge is -1.98. The van der Waals surface area contributed by atoms with E-state index in [1.165, 1.54) is 0 Å². The van der Waals surface area contributed by atoms with Crippen molar-refractivity contribution in [3.8, 4) is 11.5 Å². The van der Waals surface area contributed by atoms with Crippen molar-refractivity contribution in [3.63, 3.8) is 0 Å². The van der Waals surface area contributed by atoms with Crippen LogP contribution < -0.4 is 0 Å². The van der Waals surface area contributed by atoms with E-state index in [-0.39, 0.29) is 0 Å². The van der Waals surface area contributed by atoms with Crippen LogP contribution in [0.1, 0.15) is 5.69 Å². The number of nitrogens with zero attached hydrogens (tertiary/aromatic N) is 2. The molecule has 0 aliphatic rings. The van der Waals surface area contributed by atoms with Gasteiger partial charge >= 0.3 is 0 Å². The van der Waals surface area contributed by atoms with Gasteiger partial charge in [0.1, 0.15) is 6.26 Å². The molecule has 0 radical (unpaired) electrons. The Balaban J connectivity index is 1.69. The number of benzene rings is 1. The number of thioether (sulfide) groups is 1. The first-order valence-corrected chi connectivity index (χ1v) is 7.89. The van der Waals surface area contributed by atoms with Gasteiger partial charge in [0, 0.05) is 22.5 Å². The molecule has 3 nitrogen and oxygen atoms in total. The Morgan fingerprint density at radius 1 is 1.10 bits per heavy atom. The van der Waals surface area contributed by atoms with Crippen molar-refractivity contribution in [1.82, 2.24) is 9.97 Å². The second-order valence-corrected chi connectivity index (χ2v) is 6.13. The zero-order valence-electron chi connectivity index (χ0n) is 10.8. The molecule has 0 spiro atoms. The highest BCUT2D eigenvalue weighted by Gasteiger charge is 2.08. The molecule has 106 valence electrons. The Bertz CT molecular complexity index is 743. The predicted molar refractivity (Wildman–Crippen MR) is 85.8 cm³/mol. The van der Waals surface area contributed by atoms with Crippen molar-refractivity contribution in [2.45, 2.75) is 10.8 Å². The molecule has 0 aliphatic heterocycles. The minimum Gasteiger partial charge on any atom is -0.444 e. The van der Waals surface area contributed by atoms with Crippen LogP contribution in [0.5, 0.6) is 0 Å². The molecule has 0 bridgehead atoms. The number of oxazole rings is 1. The lowest BCUT2D eigenvalue weighted by molar-refractivity contribution is 0.573. The Labute approximate surface area is 136 Å². The molecule has 2 heterocycles. The standard InChI is InChI=1S/C15H10Cl2N2OS/c16-11-3-1-2-10(6-11)15-19-13(8-20-15)9-21-14-5-4-12(17)7-18-14/h1-8H,9H2. The van der Waals surface area contributed by atoms with Crippen LogP contribution in [-0.4, -0.2) is 9.97 Å². The molecule has 0 unspecified atom stereocenters. The molecular weight excluding hydrogens is 327 g/mol. The van der Waals surface area contributed by atoms with E-state index in [4.69, 9.17) is 27.6 Å². The van der Waals surface area contributed by atoms with Crippen LogP contribution >= 0.6 is 35.0 Å². The third-order valence-electron chi connectivity index (χ3n) is 2.69. The summed E-state index contributed by atoms with van der Waals surface area (Å²) in [6, 6.07) is 11.1. The zero-order valence-corrected chi connectivity index (χ0v) is 13.1. The van der Waals surface area contributed by atoms with E-state index in [9.17, 15) is 0 Å². The molecule has 21 heavy (non-hydrogen) atoms. The van der Waals surface area contributed by atoms with Crippen LogP contribution in [-0.2, 0) is 5.75 Å². The van der Waals surface area contributed by atoms with Crippen molar-refractivity contribution in [3.05, 3.63) is 64.6 Å². The smallest absolute Gasteiger partial charge is 0.226 e. The van der Waals surface area contributed by atoms with Gasteiger partial charge in [-0.25, -0.2) is 9.97 Å². The molecule has 0 N–H and O–H groups in total. The molecule has 1 aromatic carbocycles. The molecule has 3 rings (SSSR count). The normalized spacial score (nSPS) is 10.8. The van der Waals surface area contributed by atoms with Gasteiger partial charge in [0.05, 0.1) is 15.7 Å². The SMILES string of the molecule is Clc1ccc(SCc2coc(-c3cccc(Cl)c3)n2)nc1. The minimum absolute atomic E-state index is 0.567. The van der Waals surface area contributed by atoms with Crippen molar-refractivity contribution >= 4 is 35.0 Å². The minimum atomic E-state index is 0.567. The predicted octanol–water partition coefficient (Wildman–Crippen LogP) is 5.34. The summed E-state index contributed by atoms with van der Waals surface area (Å²) in [6.45, 7) is 0. The summed E-state index contributed by atoms with van der Waals surface area (Å²) in [6.07, 6.45) is 3.28. The Morgan fingerprint density at radius 2 is 2.00 bits per heavy atom. The third kappa shape index (κ3) is 3.79. The molecule has 0 aliphatic carbocycles. The Morgan fingerprint density at radius 3 is 2.76 bits per heavy atom. The molecule has 0 fully saturated rings. The topological polar surface area (TPSA) is 38.9 Å². The van der Waals surface area contributed by atoms with Gasteiger partial charge in [0.25, 0.3) is 0 Å². The van der Waals surface area contributed by atoms with Crippen molar-refractivity contribution in [1.29, 1.82) is 0 Å². The quantitative estimate of drug-likeness (QED) is 0.603. The van der Waals surface area contributed by atoms with E-state index < -0.39 is 0 Å². The van der Waals surface area contributed by atoms with Crippen LogP contribution in [0.25, 0.3) is 11.5 Å². The molecule has 0 atom stereocenters. The van der Waals surface area contributed by atoms with Gasteiger partial charge in [-0.2, -0.15) is 0 Å². The first-order chi connectivity index (χ1) is 10.2. The van der Waals surface area contributed by atoms with E-state index in [1.807, 2.05) is 36.4 Å².